The molecule has 1 fully saturated rings. The van der Waals surface area contributed by atoms with E-state index in [-0.39, 0.29) is 5.69 Å². The van der Waals surface area contributed by atoms with Crippen molar-refractivity contribution in [2.24, 2.45) is 0 Å². The summed E-state index contributed by atoms with van der Waals surface area (Å²) in [6, 6.07) is 2.92. The number of hydrogen-bond acceptors (Lipinski definition) is 3. The Morgan fingerprint density at radius 1 is 1.42 bits per heavy atom. The number of nitrogens with zero attached hydrogens (tertiary/aromatic N) is 1. The Bertz CT molecular complexity index is 490. The molecule has 0 heterocycles. The van der Waals surface area contributed by atoms with Gasteiger partial charge in [0.1, 0.15) is 0 Å². The third-order valence-corrected chi connectivity index (χ3v) is 3.26. The van der Waals surface area contributed by atoms with E-state index in [0.717, 1.165) is 12.6 Å². The van der Waals surface area contributed by atoms with Crippen LogP contribution in [0.3, 0.4) is 0 Å². The molecule has 0 aromatic heterocycles. The topological polar surface area (TPSA) is 52.6 Å². The second-order valence-corrected chi connectivity index (χ2v) is 4.73. The molecular weight excluding hydrogens is 254 g/mol. The fourth-order valence-electron chi connectivity index (χ4n) is 1.92. The highest BCUT2D eigenvalue weighted by Gasteiger charge is 2.25. The van der Waals surface area contributed by atoms with Crippen LogP contribution in [0.2, 0.25) is 0 Å². The minimum absolute atomic E-state index is 0.00769. The minimum Gasteiger partial charge on any atom is -0.478 e. The van der Waals surface area contributed by atoms with Crippen LogP contribution in [0.5, 0.6) is 0 Å². The van der Waals surface area contributed by atoms with Crippen LogP contribution in [0.25, 0.3) is 0 Å². The highest BCUT2D eigenvalue weighted by molar-refractivity contribution is 5.88. The molecular formula is C13H16F2N2O2. The Morgan fingerprint density at radius 2 is 2.11 bits per heavy atom. The fourth-order valence-corrected chi connectivity index (χ4v) is 1.92. The average molecular weight is 270 g/mol. The van der Waals surface area contributed by atoms with Crippen LogP contribution in [-0.2, 0) is 0 Å². The average Bonchev–Trinajstić information content (AvgIpc) is 3.18. The van der Waals surface area contributed by atoms with Crippen LogP contribution in [0.15, 0.2) is 12.1 Å². The number of hydrogen-bond donors (Lipinski definition) is 2. The molecule has 0 bridgehead atoms. The van der Waals surface area contributed by atoms with Crippen molar-refractivity contribution in [3.05, 3.63) is 29.3 Å². The monoisotopic (exact) mass is 270 g/mol. The quantitative estimate of drug-likeness (QED) is 0.832. The van der Waals surface area contributed by atoms with Gasteiger partial charge in [-0.05, 0) is 32.0 Å². The lowest BCUT2D eigenvalue weighted by Gasteiger charge is -2.16. The van der Waals surface area contributed by atoms with E-state index in [2.05, 4.69) is 10.2 Å². The molecule has 1 aliphatic carbocycles. The molecule has 2 rings (SSSR count). The van der Waals surface area contributed by atoms with Gasteiger partial charge in [0.05, 0.1) is 11.3 Å². The summed E-state index contributed by atoms with van der Waals surface area (Å²) in [6.45, 7) is 1.21. The molecule has 4 nitrogen and oxygen atoms in total. The molecule has 19 heavy (non-hydrogen) atoms. The number of anilines is 1. The van der Waals surface area contributed by atoms with Crippen molar-refractivity contribution in [2.75, 3.05) is 25.5 Å². The van der Waals surface area contributed by atoms with E-state index >= 15 is 0 Å². The first-order chi connectivity index (χ1) is 9.00. The molecule has 104 valence electrons. The van der Waals surface area contributed by atoms with Crippen LogP contribution in [0.4, 0.5) is 14.5 Å². The Morgan fingerprint density at radius 3 is 2.68 bits per heavy atom. The third-order valence-electron chi connectivity index (χ3n) is 3.26. The van der Waals surface area contributed by atoms with Crippen molar-refractivity contribution in [2.45, 2.75) is 18.9 Å². The molecule has 1 aromatic carbocycles. The number of aromatic carboxylic acids is 1. The van der Waals surface area contributed by atoms with Gasteiger partial charge in [-0.1, -0.05) is 0 Å². The Balaban J connectivity index is 1.96. The highest BCUT2D eigenvalue weighted by Crippen LogP contribution is 2.25. The molecule has 0 amide bonds. The molecule has 1 saturated carbocycles. The van der Waals surface area contributed by atoms with Gasteiger partial charge in [0.2, 0.25) is 0 Å². The Kier molecular flexibility index (Phi) is 3.99. The van der Waals surface area contributed by atoms with Gasteiger partial charge in [0.15, 0.2) is 11.6 Å². The largest absolute Gasteiger partial charge is 0.478 e. The zero-order valence-corrected chi connectivity index (χ0v) is 10.6. The van der Waals surface area contributed by atoms with E-state index in [1.54, 1.807) is 0 Å². The number of carboxylic acids is 1. The van der Waals surface area contributed by atoms with E-state index in [1.165, 1.54) is 18.9 Å². The van der Waals surface area contributed by atoms with Gasteiger partial charge in [0.25, 0.3) is 0 Å². The van der Waals surface area contributed by atoms with Crippen LogP contribution in [0, 0.1) is 11.6 Å². The Labute approximate surface area is 110 Å². The molecule has 2 N–H and O–H groups in total. The van der Waals surface area contributed by atoms with Gasteiger partial charge < -0.3 is 15.3 Å². The van der Waals surface area contributed by atoms with Gasteiger partial charge in [0, 0.05) is 19.1 Å². The molecule has 0 radical (unpaired) electrons. The summed E-state index contributed by atoms with van der Waals surface area (Å²) in [4.78, 5) is 12.8. The summed E-state index contributed by atoms with van der Waals surface area (Å²) in [6.07, 6.45) is 2.37. The molecule has 1 aromatic rings. The minimum atomic E-state index is -1.48. The molecule has 6 heteroatoms. The van der Waals surface area contributed by atoms with Gasteiger partial charge in [-0.2, -0.15) is 0 Å². The van der Waals surface area contributed by atoms with Gasteiger partial charge in [-0.25, -0.2) is 13.6 Å². The number of nitrogens with one attached hydrogen (secondary N) is 1. The van der Waals surface area contributed by atoms with E-state index in [0.29, 0.717) is 12.6 Å². The van der Waals surface area contributed by atoms with Crippen molar-refractivity contribution < 1.29 is 18.7 Å². The maximum atomic E-state index is 13.6. The molecule has 0 atom stereocenters. The first kappa shape index (κ1) is 13.7. The number of carbonyl (C=O) groups is 1. The lowest BCUT2D eigenvalue weighted by molar-refractivity contribution is 0.0690. The number of benzene rings is 1. The van der Waals surface area contributed by atoms with Crippen molar-refractivity contribution in [3.8, 4) is 0 Å². The molecule has 0 aliphatic heterocycles. The highest BCUT2D eigenvalue weighted by atomic mass is 19.2. The maximum Gasteiger partial charge on any atom is 0.338 e. The van der Waals surface area contributed by atoms with Crippen LogP contribution < -0.4 is 5.32 Å². The predicted molar refractivity (Wildman–Crippen MR) is 67.5 cm³/mol. The zero-order valence-electron chi connectivity index (χ0n) is 10.6. The second-order valence-electron chi connectivity index (χ2n) is 4.73. The number of carboxylic acid groups (broad SMARTS) is 1. The molecule has 1 aliphatic rings. The van der Waals surface area contributed by atoms with Crippen molar-refractivity contribution in [1.82, 2.24) is 4.90 Å². The first-order valence-corrected chi connectivity index (χ1v) is 6.16. The maximum absolute atomic E-state index is 13.6. The van der Waals surface area contributed by atoms with Crippen LogP contribution >= 0.6 is 0 Å². The van der Waals surface area contributed by atoms with Crippen molar-refractivity contribution in [3.63, 3.8) is 0 Å². The third kappa shape index (κ3) is 3.20. The van der Waals surface area contributed by atoms with E-state index < -0.39 is 23.2 Å². The fraction of sp³-hybridized carbons (Fsp3) is 0.462. The summed E-state index contributed by atoms with van der Waals surface area (Å²) in [5.41, 5.74) is -0.662. The first-order valence-electron chi connectivity index (χ1n) is 6.16. The Hall–Kier alpha value is -1.69. The summed E-state index contributed by atoms with van der Waals surface area (Å²) in [5, 5.41) is 11.4. The van der Waals surface area contributed by atoms with Crippen LogP contribution in [-0.4, -0.2) is 42.2 Å². The SMILES string of the molecule is CN(CCNc1ccc(C(=O)O)c(F)c1F)C1CC1. The summed E-state index contributed by atoms with van der Waals surface area (Å²) < 4.78 is 27.0. The predicted octanol–water partition coefficient (Wildman–Crippen LogP) is 2.17. The van der Waals surface area contributed by atoms with E-state index in [9.17, 15) is 13.6 Å². The molecule has 0 saturated heterocycles. The smallest absolute Gasteiger partial charge is 0.338 e. The van der Waals surface area contributed by atoms with Crippen molar-refractivity contribution >= 4 is 11.7 Å². The van der Waals surface area contributed by atoms with E-state index in [4.69, 9.17) is 5.11 Å². The number of likely N-dealkylation sites (N-methyl/N-ethyl adjacent to an activating group) is 1. The lowest BCUT2D eigenvalue weighted by Crippen LogP contribution is -2.27. The van der Waals surface area contributed by atoms with Crippen LogP contribution in [0.1, 0.15) is 23.2 Å². The van der Waals surface area contributed by atoms with Crippen molar-refractivity contribution in [1.29, 1.82) is 0 Å². The molecule has 0 spiro atoms. The van der Waals surface area contributed by atoms with Gasteiger partial charge in [-0.3, -0.25) is 0 Å². The lowest BCUT2D eigenvalue weighted by atomic mass is 10.2. The summed E-state index contributed by atoms with van der Waals surface area (Å²) >= 11 is 0. The normalized spacial score (nSPS) is 14.7. The van der Waals surface area contributed by atoms with E-state index in [1.807, 2.05) is 7.05 Å². The number of halogens is 2. The summed E-state index contributed by atoms with van der Waals surface area (Å²) in [5.74, 6) is -3.95. The second kappa shape index (κ2) is 5.52. The van der Waals surface area contributed by atoms with Gasteiger partial charge >= 0.3 is 5.97 Å². The zero-order chi connectivity index (χ0) is 14.0. The standard InChI is InChI=1S/C13H16F2N2O2/c1-17(8-2-3-8)7-6-16-10-5-4-9(13(18)19)11(14)12(10)15/h4-5,8,16H,2-3,6-7H2,1H3,(H,18,19). The number of rotatable bonds is 6. The van der Waals surface area contributed by atoms with Gasteiger partial charge in [-0.15, -0.1) is 0 Å². The molecule has 0 unspecified atom stereocenters. The summed E-state index contributed by atoms with van der Waals surface area (Å²) in [7, 11) is 1.99.